The number of hydrogen-bond acceptors (Lipinski definition) is 6. The quantitative estimate of drug-likeness (QED) is 0.460. The fourth-order valence-corrected chi connectivity index (χ4v) is 3.86. The van der Waals surface area contributed by atoms with Crippen LogP contribution in [0.2, 0.25) is 0 Å². The van der Waals surface area contributed by atoms with Crippen LogP contribution in [0, 0.1) is 10.1 Å². The number of carbonyl (C=O) groups excluding carboxylic acids is 1. The van der Waals surface area contributed by atoms with Gasteiger partial charge in [-0.25, -0.2) is 0 Å². The highest BCUT2D eigenvalue weighted by atomic mass is 79.9. The van der Waals surface area contributed by atoms with Crippen LogP contribution >= 0.6 is 27.7 Å². The minimum atomic E-state index is -0.644. The summed E-state index contributed by atoms with van der Waals surface area (Å²) in [6.45, 7) is 0. The molecule has 0 aromatic heterocycles. The number of phenolic OH excluding ortho intramolecular Hbond substituents is 1. The van der Waals surface area contributed by atoms with E-state index in [1.807, 2.05) is 12.1 Å². The lowest BCUT2D eigenvalue weighted by Crippen LogP contribution is -1.99. The van der Waals surface area contributed by atoms with E-state index in [1.54, 1.807) is 12.1 Å². The van der Waals surface area contributed by atoms with Crippen LogP contribution in [0.1, 0.15) is 15.9 Å². The molecule has 1 N–H and O–H groups in total. The van der Waals surface area contributed by atoms with E-state index in [1.165, 1.54) is 31.0 Å². The van der Waals surface area contributed by atoms with Crippen molar-refractivity contribution >= 4 is 45.2 Å². The Kier molecular flexibility index (Phi) is 4.33. The van der Waals surface area contributed by atoms with Gasteiger partial charge in [0.05, 0.1) is 27.0 Å². The maximum absolute atomic E-state index is 12.4. The summed E-state index contributed by atoms with van der Waals surface area (Å²) in [4.78, 5) is 24.4. The van der Waals surface area contributed by atoms with Gasteiger partial charge in [0.2, 0.25) is 11.5 Å². The van der Waals surface area contributed by atoms with E-state index in [0.717, 1.165) is 4.90 Å². The second-order valence-electron chi connectivity index (χ2n) is 4.87. The van der Waals surface area contributed by atoms with E-state index in [2.05, 4.69) is 15.9 Å². The summed E-state index contributed by atoms with van der Waals surface area (Å²) in [7, 11) is 1.23. The van der Waals surface area contributed by atoms with Crippen LogP contribution in [0.25, 0.3) is 6.08 Å². The number of allylic oxidation sites excluding steroid dienone is 1. The Bertz CT molecular complexity index is 910. The molecule has 0 bridgehead atoms. The van der Waals surface area contributed by atoms with Crippen LogP contribution in [0.5, 0.6) is 11.5 Å². The first-order valence-corrected chi connectivity index (χ1v) is 8.32. The third kappa shape index (κ3) is 2.67. The molecule has 0 spiro atoms. The van der Waals surface area contributed by atoms with Crippen LogP contribution in [-0.4, -0.2) is 22.9 Å². The number of aromatic hydroxyl groups is 1. The Morgan fingerprint density at radius 2 is 2.08 bits per heavy atom. The fraction of sp³-hybridized carbons (Fsp3) is 0.0625. The first-order chi connectivity index (χ1) is 11.4. The molecule has 8 heteroatoms. The SMILES string of the molecule is COc1c(O)c(Br)cc(/C=C2\Sc3ccccc3C2=O)c1[N+](=O)[O-]. The molecular weight excluding hydrogens is 398 g/mol. The third-order valence-corrected chi connectivity index (χ3v) is 5.16. The summed E-state index contributed by atoms with van der Waals surface area (Å²) in [5, 5.41) is 21.4. The van der Waals surface area contributed by atoms with Crippen LogP contribution in [0.15, 0.2) is 44.6 Å². The summed E-state index contributed by atoms with van der Waals surface area (Å²) < 4.78 is 5.21. The Morgan fingerprint density at radius 1 is 1.38 bits per heavy atom. The molecule has 0 atom stereocenters. The highest BCUT2D eigenvalue weighted by Gasteiger charge is 2.29. The number of ketones is 1. The zero-order valence-corrected chi connectivity index (χ0v) is 14.7. The average molecular weight is 408 g/mol. The van der Waals surface area contributed by atoms with Gasteiger partial charge in [0, 0.05) is 10.5 Å². The molecule has 3 rings (SSSR count). The van der Waals surface area contributed by atoms with Crippen LogP contribution in [-0.2, 0) is 0 Å². The molecule has 6 nitrogen and oxygen atoms in total. The van der Waals surface area contributed by atoms with Crippen molar-refractivity contribution < 1.29 is 19.6 Å². The van der Waals surface area contributed by atoms with Gasteiger partial charge in [-0.05, 0) is 40.2 Å². The molecule has 0 unspecified atom stereocenters. The predicted octanol–water partition coefficient (Wildman–Crippen LogP) is 4.40. The highest BCUT2D eigenvalue weighted by molar-refractivity contribution is 9.10. The van der Waals surface area contributed by atoms with E-state index in [0.29, 0.717) is 10.5 Å². The Balaban J connectivity index is 2.17. The molecule has 1 aliphatic rings. The van der Waals surface area contributed by atoms with E-state index >= 15 is 0 Å². The molecular formula is C16H10BrNO5S. The number of benzene rings is 2. The number of methoxy groups -OCH3 is 1. The maximum Gasteiger partial charge on any atom is 0.322 e. The monoisotopic (exact) mass is 407 g/mol. The van der Waals surface area contributed by atoms with Gasteiger partial charge in [-0.1, -0.05) is 23.9 Å². The molecule has 0 saturated carbocycles. The zero-order chi connectivity index (χ0) is 17.4. The summed E-state index contributed by atoms with van der Waals surface area (Å²) in [5.41, 5.74) is 0.349. The topological polar surface area (TPSA) is 89.7 Å². The van der Waals surface area contributed by atoms with Crippen molar-refractivity contribution in [1.29, 1.82) is 0 Å². The normalized spacial score (nSPS) is 14.8. The van der Waals surface area contributed by atoms with Crippen molar-refractivity contribution in [2.24, 2.45) is 0 Å². The third-order valence-electron chi connectivity index (χ3n) is 3.46. The number of ether oxygens (including phenoxy) is 1. The number of Topliss-reactive ketones (excluding diaryl/α,β-unsaturated/α-hetero) is 1. The van der Waals surface area contributed by atoms with Crippen LogP contribution in [0.3, 0.4) is 0 Å². The summed E-state index contributed by atoms with van der Waals surface area (Å²) in [5.74, 6) is -0.803. The van der Waals surface area contributed by atoms with E-state index in [9.17, 15) is 20.0 Å². The molecule has 0 aliphatic carbocycles. The van der Waals surface area contributed by atoms with Crippen LogP contribution < -0.4 is 4.74 Å². The molecule has 0 fully saturated rings. The number of nitro benzene ring substituents is 1. The van der Waals surface area contributed by atoms with Gasteiger partial charge in [0.25, 0.3) is 0 Å². The van der Waals surface area contributed by atoms with Crippen molar-refractivity contribution in [3.05, 3.63) is 61.0 Å². The molecule has 1 heterocycles. The summed E-state index contributed by atoms with van der Waals surface area (Å²) >= 11 is 4.39. The number of nitrogens with zero attached hydrogens (tertiary/aromatic N) is 1. The summed E-state index contributed by atoms with van der Waals surface area (Å²) in [6.07, 6.45) is 1.44. The lowest BCUT2D eigenvalue weighted by molar-refractivity contribution is -0.386. The molecule has 122 valence electrons. The molecule has 2 aromatic carbocycles. The van der Waals surface area contributed by atoms with Gasteiger partial charge < -0.3 is 9.84 Å². The smallest absolute Gasteiger partial charge is 0.322 e. The lowest BCUT2D eigenvalue weighted by atomic mass is 10.1. The second-order valence-corrected chi connectivity index (χ2v) is 6.81. The Hall–Kier alpha value is -2.32. The minimum Gasteiger partial charge on any atom is -0.503 e. The fourth-order valence-electron chi connectivity index (χ4n) is 2.39. The number of rotatable bonds is 3. The van der Waals surface area contributed by atoms with Crippen molar-refractivity contribution in [3.8, 4) is 11.5 Å². The lowest BCUT2D eigenvalue weighted by Gasteiger charge is -2.09. The van der Waals surface area contributed by atoms with E-state index < -0.39 is 10.6 Å². The van der Waals surface area contributed by atoms with Crippen molar-refractivity contribution in [2.45, 2.75) is 4.90 Å². The van der Waals surface area contributed by atoms with Gasteiger partial charge >= 0.3 is 5.69 Å². The predicted molar refractivity (Wildman–Crippen MR) is 93.6 cm³/mol. The number of thioether (sulfide) groups is 1. The molecule has 0 saturated heterocycles. The number of nitro groups is 1. The zero-order valence-electron chi connectivity index (χ0n) is 12.3. The Labute approximate surface area is 149 Å². The first-order valence-electron chi connectivity index (χ1n) is 6.71. The molecule has 24 heavy (non-hydrogen) atoms. The number of halogens is 1. The van der Waals surface area contributed by atoms with Gasteiger partial charge in [0.15, 0.2) is 5.75 Å². The van der Waals surface area contributed by atoms with Crippen molar-refractivity contribution in [3.63, 3.8) is 0 Å². The number of carbonyl (C=O) groups is 1. The molecule has 1 aliphatic heterocycles. The largest absolute Gasteiger partial charge is 0.503 e. The average Bonchev–Trinajstić information content (AvgIpc) is 2.86. The summed E-state index contributed by atoms with van der Waals surface area (Å²) in [6, 6.07) is 8.51. The molecule has 2 aromatic rings. The van der Waals surface area contributed by atoms with Gasteiger partial charge in [0.1, 0.15) is 0 Å². The number of fused-ring (bicyclic) bond motifs is 1. The second kappa shape index (κ2) is 6.29. The van der Waals surface area contributed by atoms with E-state index in [-0.39, 0.29) is 27.3 Å². The van der Waals surface area contributed by atoms with E-state index in [4.69, 9.17) is 4.74 Å². The minimum absolute atomic E-state index is 0.171. The highest BCUT2D eigenvalue weighted by Crippen LogP contribution is 2.47. The standard InChI is InChI=1S/C16H10BrNO5S/c1-23-16-13(18(21)22)8(6-10(17)15(16)20)7-12-14(19)9-4-2-3-5-11(9)24-12/h2-7,20H,1H3/b12-7-. The number of phenols is 1. The van der Waals surface area contributed by atoms with Gasteiger partial charge in [-0.2, -0.15) is 0 Å². The van der Waals surface area contributed by atoms with Gasteiger partial charge in [-0.3, -0.25) is 14.9 Å². The first kappa shape index (κ1) is 16.5. The van der Waals surface area contributed by atoms with Crippen LogP contribution in [0.4, 0.5) is 5.69 Å². The molecule has 0 radical (unpaired) electrons. The van der Waals surface area contributed by atoms with Crippen molar-refractivity contribution in [2.75, 3.05) is 7.11 Å². The van der Waals surface area contributed by atoms with Crippen molar-refractivity contribution in [1.82, 2.24) is 0 Å². The van der Waals surface area contributed by atoms with Gasteiger partial charge in [-0.15, -0.1) is 0 Å². The number of hydrogen-bond donors (Lipinski definition) is 1. The molecule has 0 amide bonds. The Morgan fingerprint density at radius 3 is 2.71 bits per heavy atom. The maximum atomic E-state index is 12.4.